The van der Waals surface area contributed by atoms with Crippen LogP contribution in [-0.4, -0.2) is 44.5 Å². The van der Waals surface area contributed by atoms with E-state index in [0.717, 1.165) is 30.8 Å². The Morgan fingerprint density at radius 3 is 2.52 bits per heavy atom. The summed E-state index contributed by atoms with van der Waals surface area (Å²) in [4.78, 5) is 8.76. The Hall–Kier alpha value is -1.57. The summed E-state index contributed by atoms with van der Waals surface area (Å²) in [7, 11) is -2.96. The molecule has 1 aliphatic carbocycles. The quantitative estimate of drug-likeness (QED) is 0.570. The van der Waals surface area contributed by atoms with Gasteiger partial charge in [0, 0.05) is 24.8 Å². The zero-order valence-corrected chi connectivity index (χ0v) is 15.1. The van der Waals surface area contributed by atoms with Gasteiger partial charge >= 0.3 is 0 Å². The van der Waals surface area contributed by atoms with Crippen LogP contribution in [-0.2, 0) is 16.4 Å². The van der Waals surface area contributed by atoms with Crippen molar-refractivity contribution >= 4 is 15.8 Å². The van der Waals surface area contributed by atoms with Gasteiger partial charge < -0.3 is 15.1 Å². The van der Waals surface area contributed by atoms with E-state index in [0.29, 0.717) is 24.9 Å². The first-order chi connectivity index (χ1) is 10.7. The first-order valence-corrected chi connectivity index (χ1v) is 9.92. The van der Waals surface area contributed by atoms with Crippen molar-refractivity contribution in [2.24, 2.45) is 10.4 Å². The van der Waals surface area contributed by atoms with Crippen molar-refractivity contribution in [3.05, 3.63) is 17.3 Å². The maximum absolute atomic E-state index is 11.5. The molecule has 1 aromatic heterocycles. The average Bonchev–Trinajstić information content (AvgIpc) is 3.10. The van der Waals surface area contributed by atoms with Gasteiger partial charge in [-0.05, 0) is 33.6 Å². The Morgan fingerprint density at radius 2 is 2.04 bits per heavy atom. The van der Waals surface area contributed by atoms with Crippen molar-refractivity contribution in [2.75, 3.05) is 25.1 Å². The lowest BCUT2D eigenvalue weighted by Crippen LogP contribution is -2.41. The maximum atomic E-state index is 11.5. The first kappa shape index (κ1) is 17.8. The summed E-state index contributed by atoms with van der Waals surface area (Å²) in [6.45, 7) is 7.45. The van der Waals surface area contributed by atoms with Gasteiger partial charge in [0.25, 0.3) is 0 Å². The number of hydrogen-bond acceptors (Lipinski definition) is 5. The van der Waals surface area contributed by atoms with Crippen LogP contribution >= 0.6 is 0 Å². The van der Waals surface area contributed by atoms with E-state index in [1.807, 2.05) is 20.8 Å². The molecule has 0 amide bonds. The molecule has 8 heteroatoms. The van der Waals surface area contributed by atoms with Crippen molar-refractivity contribution in [3.63, 3.8) is 0 Å². The van der Waals surface area contributed by atoms with Gasteiger partial charge in [0.05, 0.1) is 11.4 Å². The highest BCUT2D eigenvalue weighted by molar-refractivity contribution is 7.90. The highest BCUT2D eigenvalue weighted by Crippen LogP contribution is 2.45. The van der Waals surface area contributed by atoms with Gasteiger partial charge in [0.1, 0.15) is 22.1 Å². The largest absolute Gasteiger partial charge is 0.444 e. The number of rotatable bonds is 7. The third kappa shape index (κ3) is 5.53. The minimum absolute atomic E-state index is 0.139. The number of hydrogen-bond donors (Lipinski definition) is 2. The second-order valence-electron chi connectivity index (χ2n) is 6.37. The number of nitrogens with one attached hydrogen (secondary N) is 2. The fourth-order valence-electron chi connectivity index (χ4n) is 2.47. The Morgan fingerprint density at radius 1 is 1.35 bits per heavy atom. The Bertz CT molecular complexity index is 655. The number of sulfone groups is 1. The predicted molar refractivity (Wildman–Crippen MR) is 90.2 cm³/mol. The van der Waals surface area contributed by atoms with Crippen LogP contribution in [0.3, 0.4) is 0 Å². The van der Waals surface area contributed by atoms with E-state index in [2.05, 4.69) is 20.6 Å². The smallest absolute Gasteiger partial charge is 0.216 e. The molecule has 23 heavy (non-hydrogen) atoms. The summed E-state index contributed by atoms with van der Waals surface area (Å²) < 4.78 is 28.5. The molecule has 1 saturated carbocycles. The summed E-state index contributed by atoms with van der Waals surface area (Å²) in [6, 6.07) is 0. The summed E-state index contributed by atoms with van der Waals surface area (Å²) in [5.74, 6) is 2.26. The lowest BCUT2D eigenvalue weighted by atomic mass is 10.1. The highest BCUT2D eigenvalue weighted by Gasteiger charge is 2.45. The molecule has 0 aliphatic heterocycles. The van der Waals surface area contributed by atoms with E-state index in [1.165, 1.54) is 6.26 Å². The lowest BCUT2D eigenvalue weighted by Gasteiger charge is -2.17. The number of nitrogens with zero attached hydrogens (tertiary/aromatic N) is 2. The van der Waals surface area contributed by atoms with Crippen LogP contribution in [0.15, 0.2) is 9.41 Å². The monoisotopic (exact) mass is 342 g/mol. The Balaban J connectivity index is 1.94. The molecule has 1 heterocycles. The Labute approximate surface area is 137 Å². The van der Waals surface area contributed by atoms with Gasteiger partial charge in [-0.1, -0.05) is 0 Å². The zero-order valence-electron chi connectivity index (χ0n) is 14.3. The van der Waals surface area contributed by atoms with Crippen LogP contribution in [0.25, 0.3) is 0 Å². The van der Waals surface area contributed by atoms with Crippen LogP contribution in [0.5, 0.6) is 0 Å². The molecule has 7 nitrogen and oxygen atoms in total. The van der Waals surface area contributed by atoms with Crippen molar-refractivity contribution in [1.82, 2.24) is 15.6 Å². The molecule has 1 aromatic rings. The zero-order chi connectivity index (χ0) is 17.1. The molecule has 2 N–H and O–H groups in total. The van der Waals surface area contributed by atoms with Crippen molar-refractivity contribution in [1.29, 1.82) is 0 Å². The van der Waals surface area contributed by atoms with E-state index < -0.39 is 9.84 Å². The summed E-state index contributed by atoms with van der Waals surface area (Å²) in [6.07, 6.45) is 3.16. The molecule has 0 saturated heterocycles. The molecule has 0 atom stereocenters. The van der Waals surface area contributed by atoms with Crippen molar-refractivity contribution in [3.8, 4) is 0 Å². The van der Waals surface area contributed by atoms with Gasteiger partial charge in [-0.3, -0.25) is 0 Å². The van der Waals surface area contributed by atoms with Crippen LogP contribution in [0.2, 0.25) is 0 Å². The number of guanidine groups is 1. The molecule has 2 rings (SSSR count). The van der Waals surface area contributed by atoms with Gasteiger partial charge in [0.2, 0.25) is 5.89 Å². The predicted octanol–water partition coefficient (Wildman–Crippen LogP) is 1.17. The lowest BCUT2D eigenvalue weighted by molar-refractivity contribution is 0.472. The third-order valence-electron chi connectivity index (χ3n) is 3.95. The van der Waals surface area contributed by atoms with Gasteiger partial charge in [-0.15, -0.1) is 0 Å². The van der Waals surface area contributed by atoms with Crippen LogP contribution in [0.4, 0.5) is 0 Å². The standard InChI is InChI=1S/C15H26N4O3S/c1-5-16-14(17-8-13-19-11(2)12(3)22-13)18-9-15(6-7-15)10-23(4,20)21/h5-10H2,1-4H3,(H2,16,17,18). The summed E-state index contributed by atoms with van der Waals surface area (Å²) >= 11 is 0. The molecule has 1 fully saturated rings. The minimum atomic E-state index is -2.96. The van der Waals surface area contributed by atoms with Crippen molar-refractivity contribution < 1.29 is 12.8 Å². The highest BCUT2D eigenvalue weighted by atomic mass is 32.2. The maximum Gasteiger partial charge on any atom is 0.216 e. The molecule has 0 unspecified atom stereocenters. The second-order valence-corrected chi connectivity index (χ2v) is 8.51. The first-order valence-electron chi connectivity index (χ1n) is 7.86. The molecule has 0 spiro atoms. The van der Waals surface area contributed by atoms with Gasteiger partial charge in [-0.2, -0.15) is 0 Å². The number of aryl methyl sites for hydroxylation is 2. The second kappa shape index (κ2) is 6.90. The fraction of sp³-hybridized carbons (Fsp3) is 0.733. The van der Waals surface area contributed by atoms with E-state index >= 15 is 0 Å². The fourth-order valence-corrected chi connectivity index (χ4v) is 3.97. The number of aromatic nitrogens is 1. The van der Waals surface area contributed by atoms with Gasteiger partial charge in [0.15, 0.2) is 5.96 Å². The molecular weight excluding hydrogens is 316 g/mol. The summed E-state index contributed by atoms with van der Waals surface area (Å²) in [5.41, 5.74) is 0.734. The molecule has 130 valence electrons. The SMILES string of the molecule is CCNC(=NCc1nc(C)c(C)o1)NCC1(CS(C)(=O)=O)CC1. The summed E-state index contributed by atoms with van der Waals surface area (Å²) in [5, 5.41) is 6.40. The molecule has 0 aromatic carbocycles. The molecule has 0 bridgehead atoms. The topological polar surface area (TPSA) is 96.6 Å². The normalized spacial score (nSPS) is 17.1. The van der Waals surface area contributed by atoms with E-state index in [9.17, 15) is 8.42 Å². The van der Waals surface area contributed by atoms with Crippen LogP contribution < -0.4 is 10.6 Å². The van der Waals surface area contributed by atoms with E-state index in [-0.39, 0.29) is 11.2 Å². The van der Waals surface area contributed by atoms with Crippen molar-refractivity contribution in [2.45, 2.75) is 40.2 Å². The van der Waals surface area contributed by atoms with E-state index in [4.69, 9.17) is 4.42 Å². The molecular formula is C15H26N4O3S. The molecule has 0 radical (unpaired) electrons. The number of oxazole rings is 1. The minimum Gasteiger partial charge on any atom is -0.444 e. The van der Waals surface area contributed by atoms with Crippen LogP contribution in [0, 0.1) is 19.3 Å². The Kier molecular flexibility index (Phi) is 5.33. The van der Waals surface area contributed by atoms with Crippen LogP contribution in [0.1, 0.15) is 37.1 Å². The van der Waals surface area contributed by atoms with Gasteiger partial charge in [-0.25, -0.2) is 18.4 Å². The third-order valence-corrected chi connectivity index (χ3v) is 5.08. The van der Waals surface area contributed by atoms with E-state index in [1.54, 1.807) is 0 Å². The molecule has 1 aliphatic rings. The average molecular weight is 342 g/mol. The number of aliphatic imine (C=N–C) groups is 1.